The molecule has 5 heteroatoms. The van der Waals surface area contributed by atoms with E-state index in [-0.39, 0.29) is 0 Å². The fourth-order valence-electron chi connectivity index (χ4n) is 1.41. The molecule has 88 valence electrons. The maximum absolute atomic E-state index is 6.14. The quantitative estimate of drug-likeness (QED) is 0.587. The van der Waals surface area contributed by atoms with Gasteiger partial charge in [-0.2, -0.15) is 11.8 Å². The molecule has 1 aromatic heterocycles. The molecule has 1 heterocycles. The molecule has 0 N–H and O–H groups in total. The number of hydrogen-bond donors (Lipinski definition) is 0. The van der Waals surface area contributed by atoms with Gasteiger partial charge in [0.25, 0.3) is 0 Å². The number of nitrogens with zero attached hydrogens (tertiary/aromatic N) is 2. The van der Waals surface area contributed by atoms with E-state index in [0.29, 0.717) is 16.3 Å². The molecule has 0 saturated heterocycles. The van der Waals surface area contributed by atoms with Crippen LogP contribution in [0, 0.1) is 3.57 Å². The Kier molecular flexibility index (Phi) is 4.35. The van der Waals surface area contributed by atoms with Gasteiger partial charge in [0.2, 0.25) is 0 Å². The topological polar surface area (TPSA) is 25.8 Å². The molecule has 1 aliphatic carbocycles. The standard InChI is InChI=1S/C11H14ClIN2S/c1-6(2)16-5-8-14-10(7-3-4-7)9(13)11(12)15-8/h6-7H,3-5H2,1-2H3. The molecule has 0 spiro atoms. The lowest BCUT2D eigenvalue weighted by Gasteiger charge is -2.08. The zero-order valence-electron chi connectivity index (χ0n) is 9.33. The molecule has 2 nitrogen and oxygen atoms in total. The van der Waals surface area contributed by atoms with E-state index in [9.17, 15) is 0 Å². The molecule has 1 fully saturated rings. The highest BCUT2D eigenvalue weighted by Gasteiger charge is 2.29. The van der Waals surface area contributed by atoms with Crippen LogP contribution in [0.25, 0.3) is 0 Å². The Morgan fingerprint density at radius 1 is 1.44 bits per heavy atom. The molecule has 0 amide bonds. The van der Waals surface area contributed by atoms with Gasteiger partial charge in [0.05, 0.1) is 15.0 Å². The average Bonchev–Trinajstić information content (AvgIpc) is 3.03. The third kappa shape index (κ3) is 3.23. The van der Waals surface area contributed by atoms with E-state index in [1.54, 1.807) is 0 Å². The van der Waals surface area contributed by atoms with Gasteiger partial charge in [-0.3, -0.25) is 0 Å². The Balaban J connectivity index is 2.19. The fraction of sp³-hybridized carbons (Fsp3) is 0.636. The highest BCUT2D eigenvalue weighted by Crippen LogP contribution is 2.42. The Morgan fingerprint density at radius 2 is 2.12 bits per heavy atom. The second-order valence-corrected chi connectivity index (χ2v) is 7.27. The van der Waals surface area contributed by atoms with Gasteiger partial charge < -0.3 is 0 Å². The normalized spacial score (nSPS) is 15.8. The van der Waals surface area contributed by atoms with Crippen molar-refractivity contribution in [3.8, 4) is 0 Å². The molecule has 16 heavy (non-hydrogen) atoms. The van der Waals surface area contributed by atoms with E-state index in [1.165, 1.54) is 18.5 Å². The smallest absolute Gasteiger partial charge is 0.146 e. The van der Waals surface area contributed by atoms with Crippen molar-refractivity contribution >= 4 is 46.0 Å². The maximum atomic E-state index is 6.14. The average molecular weight is 369 g/mol. The summed E-state index contributed by atoms with van der Waals surface area (Å²) < 4.78 is 1.04. The van der Waals surface area contributed by atoms with Crippen LogP contribution in [-0.2, 0) is 5.75 Å². The first-order chi connectivity index (χ1) is 7.58. The van der Waals surface area contributed by atoms with Crippen LogP contribution in [0.4, 0.5) is 0 Å². The lowest BCUT2D eigenvalue weighted by molar-refractivity contribution is 0.916. The van der Waals surface area contributed by atoms with Gasteiger partial charge in [0.15, 0.2) is 0 Å². The van der Waals surface area contributed by atoms with Crippen molar-refractivity contribution in [1.29, 1.82) is 0 Å². The lowest BCUT2D eigenvalue weighted by atomic mass is 10.3. The van der Waals surface area contributed by atoms with Crippen molar-refractivity contribution in [1.82, 2.24) is 9.97 Å². The third-order valence-electron chi connectivity index (χ3n) is 2.39. The predicted molar refractivity (Wildman–Crippen MR) is 78.2 cm³/mol. The molecule has 1 aliphatic rings. The summed E-state index contributed by atoms with van der Waals surface area (Å²) >= 11 is 10.2. The number of hydrogen-bond acceptors (Lipinski definition) is 3. The Bertz CT molecular complexity index is 394. The molecule has 1 saturated carbocycles. The van der Waals surface area contributed by atoms with E-state index in [4.69, 9.17) is 11.6 Å². The molecule has 0 atom stereocenters. The molecule has 0 aliphatic heterocycles. The van der Waals surface area contributed by atoms with Crippen LogP contribution in [0.15, 0.2) is 0 Å². The second-order valence-electron chi connectivity index (χ2n) is 4.26. The van der Waals surface area contributed by atoms with Crippen molar-refractivity contribution in [2.75, 3.05) is 0 Å². The van der Waals surface area contributed by atoms with Gasteiger partial charge in [-0.25, -0.2) is 9.97 Å². The molecular formula is C11H14ClIN2S. The summed E-state index contributed by atoms with van der Waals surface area (Å²) in [4.78, 5) is 8.98. The summed E-state index contributed by atoms with van der Waals surface area (Å²) in [5.74, 6) is 2.37. The van der Waals surface area contributed by atoms with E-state index in [2.05, 4.69) is 46.4 Å². The first kappa shape index (κ1) is 12.9. The first-order valence-electron chi connectivity index (χ1n) is 5.41. The maximum Gasteiger partial charge on any atom is 0.146 e. The van der Waals surface area contributed by atoms with Gasteiger partial charge >= 0.3 is 0 Å². The van der Waals surface area contributed by atoms with Gasteiger partial charge in [-0.1, -0.05) is 25.4 Å². The highest BCUT2D eigenvalue weighted by molar-refractivity contribution is 14.1. The number of halogens is 2. The fourth-order valence-corrected chi connectivity index (χ4v) is 2.90. The molecule has 0 aromatic carbocycles. The van der Waals surface area contributed by atoms with Crippen LogP contribution in [0.5, 0.6) is 0 Å². The minimum atomic E-state index is 0.603. The summed E-state index contributed by atoms with van der Waals surface area (Å²) in [5, 5.41) is 1.22. The van der Waals surface area contributed by atoms with E-state index in [0.717, 1.165) is 15.1 Å². The minimum Gasteiger partial charge on any atom is -0.236 e. The van der Waals surface area contributed by atoms with E-state index in [1.807, 2.05) is 11.8 Å². The summed E-state index contributed by atoms with van der Waals surface area (Å²) in [6.07, 6.45) is 2.50. The van der Waals surface area contributed by atoms with Crippen LogP contribution >= 0.6 is 46.0 Å². The van der Waals surface area contributed by atoms with Crippen molar-refractivity contribution in [3.63, 3.8) is 0 Å². The summed E-state index contributed by atoms with van der Waals surface area (Å²) in [5.41, 5.74) is 1.17. The van der Waals surface area contributed by atoms with Crippen LogP contribution in [-0.4, -0.2) is 15.2 Å². The van der Waals surface area contributed by atoms with Crippen LogP contribution in [0.2, 0.25) is 5.15 Å². The van der Waals surface area contributed by atoms with Crippen molar-refractivity contribution in [2.24, 2.45) is 0 Å². The van der Waals surface area contributed by atoms with E-state index >= 15 is 0 Å². The lowest BCUT2D eigenvalue weighted by Crippen LogP contribution is -2.02. The molecular weight excluding hydrogens is 355 g/mol. The molecule has 0 unspecified atom stereocenters. The molecule has 0 bridgehead atoms. The summed E-state index contributed by atoms with van der Waals surface area (Å²) in [6, 6.07) is 0. The summed E-state index contributed by atoms with van der Waals surface area (Å²) in [6.45, 7) is 4.36. The van der Waals surface area contributed by atoms with Crippen molar-refractivity contribution in [3.05, 3.63) is 20.2 Å². The highest BCUT2D eigenvalue weighted by atomic mass is 127. The zero-order valence-corrected chi connectivity index (χ0v) is 13.1. The van der Waals surface area contributed by atoms with Gasteiger partial charge in [0, 0.05) is 5.92 Å². The van der Waals surface area contributed by atoms with Crippen LogP contribution in [0.3, 0.4) is 0 Å². The van der Waals surface area contributed by atoms with Crippen molar-refractivity contribution in [2.45, 2.75) is 43.6 Å². The van der Waals surface area contributed by atoms with Gasteiger partial charge in [-0.15, -0.1) is 0 Å². The van der Waals surface area contributed by atoms with E-state index < -0.39 is 0 Å². The van der Waals surface area contributed by atoms with Crippen LogP contribution < -0.4 is 0 Å². The number of rotatable bonds is 4. The van der Waals surface area contributed by atoms with Gasteiger partial charge in [0.1, 0.15) is 11.0 Å². The predicted octanol–water partition coefficient (Wildman–Crippen LogP) is 4.25. The molecule has 0 radical (unpaired) electrons. The first-order valence-corrected chi connectivity index (χ1v) is 7.92. The summed E-state index contributed by atoms with van der Waals surface area (Å²) in [7, 11) is 0. The Morgan fingerprint density at radius 3 is 2.69 bits per heavy atom. The molecule has 2 rings (SSSR count). The van der Waals surface area contributed by atoms with Crippen molar-refractivity contribution < 1.29 is 0 Å². The SMILES string of the molecule is CC(C)SCc1nc(Cl)c(I)c(C2CC2)n1. The minimum absolute atomic E-state index is 0.603. The Labute approximate surface area is 119 Å². The number of aromatic nitrogens is 2. The number of thioether (sulfide) groups is 1. The largest absolute Gasteiger partial charge is 0.236 e. The van der Waals surface area contributed by atoms with Crippen LogP contribution in [0.1, 0.15) is 44.1 Å². The second kappa shape index (κ2) is 5.40. The van der Waals surface area contributed by atoms with Gasteiger partial charge in [-0.05, 0) is 40.7 Å². The zero-order chi connectivity index (χ0) is 11.7. The third-order valence-corrected chi connectivity index (χ3v) is 5.14. The monoisotopic (exact) mass is 368 g/mol. The Hall–Kier alpha value is 0.450. The molecule has 1 aromatic rings.